The van der Waals surface area contributed by atoms with E-state index in [1.54, 1.807) is 0 Å². The van der Waals surface area contributed by atoms with Gasteiger partial charge in [-0.2, -0.15) is 0 Å². The molecule has 0 aromatic rings. The van der Waals surface area contributed by atoms with Crippen molar-refractivity contribution in [1.82, 2.24) is 10.6 Å². The first-order chi connectivity index (χ1) is 6.53. The maximum absolute atomic E-state index is 11.3. The van der Waals surface area contributed by atoms with Crippen molar-refractivity contribution in [3.63, 3.8) is 0 Å². The second-order valence-electron chi connectivity index (χ2n) is 4.69. The van der Waals surface area contributed by atoms with Crippen LogP contribution in [0.3, 0.4) is 0 Å². The molecule has 0 aliphatic heterocycles. The standard InChI is InChI=1S/C10H19ClN2O/c1-10(2)4-3-8(7-10)13-9(14)12-6-5-11/h8H,3-7H2,1-2H3,(H2,12,13,14). The van der Waals surface area contributed by atoms with Crippen molar-refractivity contribution < 1.29 is 4.79 Å². The monoisotopic (exact) mass is 218 g/mol. The highest BCUT2D eigenvalue weighted by Gasteiger charge is 2.31. The van der Waals surface area contributed by atoms with Crippen LogP contribution >= 0.6 is 11.6 Å². The van der Waals surface area contributed by atoms with Crippen molar-refractivity contribution in [2.45, 2.75) is 39.2 Å². The summed E-state index contributed by atoms with van der Waals surface area (Å²) < 4.78 is 0. The van der Waals surface area contributed by atoms with Gasteiger partial charge in [0.25, 0.3) is 0 Å². The summed E-state index contributed by atoms with van der Waals surface area (Å²) in [5.74, 6) is 0.462. The van der Waals surface area contributed by atoms with Gasteiger partial charge in [-0.3, -0.25) is 0 Å². The zero-order valence-electron chi connectivity index (χ0n) is 8.90. The lowest BCUT2D eigenvalue weighted by Crippen LogP contribution is -2.41. The second kappa shape index (κ2) is 4.87. The number of carbonyl (C=O) groups excluding carboxylic acids is 1. The van der Waals surface area contributed by atoms with Gasteiger partial charge in [-0.1, -0.05) is 13.8 Å². The van der Waals surface area contributed by atoms with Crippen molar-refractivity contribution in [2.24, 2.45) is 5.41 Å². The molecule has 0 spiro atoms. The number of amides is 2. The van der Waals surface area contributed by atoms with Crippen LogP contribution in [0.2, 0.25) is 0 Å². The molecule has 4 heteroatoms. The Morgan fingerprint density at radius 3 is 2.79 bits per heavy atom. The highest BCUT2D eigenvalue weighted by molar-refractivity contribution is 6.18. The maximum Gasteiger partial charge on any atom is 0.315 e. The molecule has 0 heterocycles. The molecule has 1 unspecified atom stereocenters. The number of urea groups is 1. The molecule has 14 heavy (non-hydrogen) atoms. The van der Waals surface area contributed by atoms with E-state index in [0.29, 0.717) is 23.9 Å². The van der Waals surface area contributed by atoms with E-state index >= 15 is 0 Å². The molecule has 3 nitrogen and oxygen atoms in total. The normalized spacial score (nSPS) is 24.6. The summed E-state index contributed by atoms with van der Waals surface area (Å²) >= 11 is 5.47. The van der Waals surface area contributed by atoms with E-state index in [1.165, 1.54) is 6.42 Å². The van der Waals surface area contributed by atoms with Crippen molar-refractivity contribution in [3.8, 4) is 0 Å². The molecule has 0 saturated heterocycles. The number of carbonyl (C=O) groups is 1. The van der Waals surface area contributed by atoms with E-state index < -0.39 is 0 Å². The fraction of sp³-hybridized carbons (Fsp3) is 0.900. The van der Waals surface area contributed by atoms with E-state index in [4.69, 9.17) is 11.6 Å². The van der Waals surface area contributed by atoms with E-state index in [1.807, 2.05) is 0 Å². The Hall–Kier alpha value is -0.440. The lowest BCUT2D eigenvalue weighted by molar-refractivity contribution is 0.236. The molecule has 1 fully saturated rings. The van der Waals surface area contributed by atoms with Crippen molar-refractivity contribution in [3.05, 3.63) is 0 Å². The Morgan fingerprint density at radius 2 is 2.29 bits per heavy atom. The Balaban J connectivity index is 2.22. The van der Waals surface area contributed by atoms with E-state index in [-0.39, 0.29) is 6.03 Å². The smallest absolute Gasteiger partial charge is 0.315 e. The van der Waals surface area contributed by atoms with Crippen LogP contribution in [0.15, 0.2) is 0 Å². The first kappa shape index (κ1) is 11.6. The molecule has 0 bridgehead atoms. The molecule has 0 aromatic heterocycles. The third-order valence-electron chi connectivity index (χ3n) is 2.68. The fourth-order valence-electron chi connectivity index (χ4n) is 1.96. The highest BCUT2D eigenvalue weighted by Crippen LogP contribution is 2.36. The molecule has 1 atom stereocenters. The Kier molecular flexibility index (Phi) is 4.05. The van der Waals surface area contributed by atoms with Crippen LogP contribution in [0, 0.1) is 5.41 Å². The molecule has 0 radical (unpaired) electrons. The molecular formula is C10H19ClN2O. The van der Waals surface area contributed by atoms with Crippen molar-refractivity contribution in [2.75, 3.05) is 12.4 Å². The van der Waals surface area contributed by atoms with Gasteiger partial charge in [0.1, 0.15) is 0 Å². The zero-order chi connectivity index (χ0) is 10.6. The van der Waals surface area contributed by atoms with E-state index in [0.717, 1.165) is 12.8 Å². The molecule has 2 amide bonds. The summed E-state index contributed by atoms with van der Waals surface area (Å²) in [7, 11) is 0. The Labute approximate surface area is 90.6 Å². The van der Waals surface area contributed by atoms with Gasteiger partial charge in [-0.05, 0) is 24.7 Å². The van der Waals surface area contributed by atoms with Crippen LogP contribution in [0.1, 0.15) is 33.1 Å². The van der Waals surface area contributed by atoms with Gasteiger partial charge < -0.3 is 10.6 Å². The van der Waals surface area contributed by atoms with Crippen LogP contribution < -0.4 is 10.6 Å². The summed E-state index contributed by atoms with van der Waals surface area (Å²) in [6.45, 7) is 5.01. The van der Waals surface area contributed by atoms with Crippen LogP contribution in [0.5, 0.6) is 0 Å². The molecule has 1 rings (SSSR count). The van der Waals surface area contributed by atoms with Gasteiger partial charge in [-0.15, -0.1) is 11.6 Å². The van der Waals surface area contributed by atoms with Gasteiger partial charge >= 0.3 is 6.03 Å². The van der Waals surface area contributed by atoms with Gasteiger partial charge in [-0.25, -0.2) is 4.79 Å². The highest BCUT2D eigenvalue weighted by atomic mass is 35.5. The number of rotatable bonds is 3. The minimum absolute atomic E-state index is 0.0895. The minimum Gasteiger partial charge on any atom is -0.337 e. The van der Waals surface area contributed by atoms with Crippen LogP contribution in [0.4, 0.5) is 4.79 Å². The Bertz CT molecular complexity index is 206. The van der Waals surface area contributed by atoms with Gasteiger partial charge in [0.2, 0.25) is 0 Å². The largest absolute Gasteiger partial charge is 0.337 e. The van der Waals surface area contributed by atoms with E-state index in [9.17, 15) is 4.79 Å². The van der Waals surface area contributed by atoms with Gasteiger partial charge in [0.15, 0.2) is 0 Å². The van der Waals surface area contributed by atoms with Crippen molar-refractivity contribution >= 4 is 17.6 Å². The molecule has 0 aromatic carbocycles. The fourth-order valence-corrected chi connectivity index (χ4v) is 2.05. The van der Waals surface area contributed by atoms with Gasteiger partial charge in [0.05, 0.1) is 0 Å². The number of nitrogens with one attached hydrogen (secondary N) is 2. The predicted octanol–water partition coefficient (Wildman–Crippen LogP) is 2.10. The molecule has 82 valence electrons. The zero-order valence-corrected chi connectivity index (χ0v) is 9.66. The minimum atomic E-state index is -0.0895. The molecule has 1 aliphatic carbocycles. The van der Waals surface area contributed by atoms with Crippen LogP contribution in [0.25, 0.3) is 0 Å². The summed E-state index contributed by atoms with van der Waals surface area (Å²) in [4.78, 5) is 11.3. The third kappa shape index (κ3) is 3.74. The summed E-state index contributed by atoms with van der Waals surface area (Å²) in [5.41, 5.74) is 0.379. The number of alkyl halides is 1. The maximum atomic E-state index is 11.3. The van der Waals surface area contributed by atoms with Crippen LogP contribution in [-0.4, -0.2) is 24.5 Å². The predicted molar refractivity (Wildman–Crippen MR) is 58.7 cm³/mol. The average molecular weight is 219 g/mol. The first-order valence-corrected chi connectivity index (χ1v) is 5.67. The molecule has 2 N–H and O–H groups in total. The van der Waals surface area contributed by atoms with Gasteiger partial charge in [0, 0.05) is 18.5 Å². The lowest BCUT2D eigenvalue weighted by atomic mass is 9.92. The summed E-state index contributed by atoms with van der Waals surface area (Å²) in [6, 6.07) is 0.244. The molecule has 1 saturated carbocycles. The summed E-state index contributed by atoms with van der Waals surface area (Å²) in [5, 5.41) is 5.67. The molecular weight excluding hydrogens is 200 g/mol. The first-order valence-electron chi connectivity index (χ1n) is 5.14. The van der Waals surface area contributed by atoms with Crippen molar-refractivity contribution in [1.29, 1.82) is 0 Å². The molecule has 1 aliphatic rings. The summed E-state index contributed by atoms with van der Waals surface area (Å²) in [6.07, 6.45) is 3.34. The second-order valence-corrected chi connectivity index (χ2v) is 5.07. The Morgan fingerprint density at radius 1 is 1.57 bits per heavy atom. The lowest BCUT2D eigenvalue weighted by Gasteiger charge is -2.17. The number of hydrogen-bond acceptors (Lipinski definition) is 1. The average Bonchev–Trinajstić information content (AvgIpc) is 2.42. The SMILES string of the molecule is CC1(C)CCC(NC(=O)NCCCl)C1. The van der Waals surface area contributed by atoms with Crippen LogP contribution in [-0.2, 0) is 0 Å². The number of halogens is 1. The quantitative estimate of drug-likeness (QED) is 0.700. The topological polar surface area (TPSA) is 41.1 Å². The number of hydrogen-bond donors (Lipinski definition) is 2. The third-order valence-corrected chi connectivity index (χ3v) is 2.87. The van der Waals surface area contributed by atoms with E-state index in [2.05, 4.69) is 24.5 Å².